The molecule has 0 bridgehead atoms. The molecule has 2 N–H and O–H groups in total. The molecule has 0 aromatic heterocycles. The first kappa shape index (κ1) is 16.1. The monoisotopic (exact) mass is 302 g/mol. The Morgan fingerprint density at radius 2 is 1.68 bits per heavy atom. The van der Waals surface area contributed by atoms with Crippen LogP contribution in [-0.2, 0) is 4.79 Å². The maximum absolute atomic E-state index is 12.0. The standard InChI is InChI=1S/C14H20Cl2N2O/c1-4-12(5-2)18-14(19)9(3)17-13-7-10(15)6-11(16)8-13/h6-9,12,17H,4-5H2,1-3H3,(H,18,19). The lowest BCUT2D eigenvalue weighted by Gasteiger charge is -2.20. The number of rotatable bonds is 6. The smallest absolute Gasteiger partial charge is 0.242 e. The Labute approximate surface area is 124 Å². The van der Waals surface area contributed by atoms with Crippen LogP contribution < -0.4 is 10.6 Å². The molecule has 0 aliphatic rings. The Morgan fingerprint density at radius 3 is 2.16 bits per heavy atom. The number of benzene rings is 1. The largest absolute Gasteiger partial charge is 0.374 e. The van der Waals surface area contributed by atoms with Crippen LogP contribution in [0.25, 0.3) is 0 Å². The van der Waals surface area contributed by atoms with E-state index in [1.807, 2.05) is 6.92 Å². The van der Waals surface area contributed by atoms with Gasteiger partial charge in [-0.1, -0.05) is 37.0 Å². The normalized spacial score (nSPS) is 12.3. The fraction of sp³-hybridized carbons (Fsp3) is 0.500. The molecule has 1 aromatic rings. The molecule has 1 rings (SSSR count). The third-order valence-corrected chi connectivity index (χ3v) is 3.41. The number of hydrogen-bond acceptors (Lipinski definition) is 2. The number of halogens is 2. The van der Waals surface area contributed by atoms with Crippen molar-refractivity contribution >= 4 is 34.8 Å². The van der Waals surface area contributed by atoms with E-state index in [-0.39, 0.29) is 18.0 Å². The minimum absolute atomic E-state index is 0.0233. The second kappa shape index (κ2) is 7.61. The van der Waals surface area contributed by atoms with Gasteiger partial charge in [0.2, 0.25) is 5.91 Å². The highest BCUT2D eigenvalue weighted by atomic mass is 35.5. The molecule has 1 unspecified atom stereocenters. The van der Waals surface area contributed by atoms with Crippen LogP contribution in [0, 0.1) is 0 Å². The van der Waals surface area contributed by atoms with Gasteiger partial charge in [-0.25, -0.2) is 0 Å². The molecule has 106 valence electrons. The van der Waals surface area contributed by atoms with Crippen molar-refractivity contribution in [2.45, 2.75) is 45.7 Å². The minimum atomic E-state index is -0.338. The van der Waals surface area contributed by atoms with Crippen LogP contribution in [0.2, 0.25) is 10.0 Å². The average molecular weight is 303 g/mol. The van der Waals surface area contributed by atoms with Gasteiger partial charge in [0.1, 0.15) is 6.04 Å². The highest BCUT2D eigenvalue weighted by Gasteiger charge is 2.15. The summed E-state index contributed by atoms with van der Waals surface area (Å²) in [4.78, 5) is 12.0. The molecular weight excluding hydrogens is 283 g/mol. The Balaban J connectivity index is 2.63. The molecule has 0 saturated heterocycles. The molecule has 1 amide bonds. The van der Waals surface area contributed by atoms with Crippen molar-refractivity contribution in [3.8, 4) is 0 Å². The molecule has 19 heavy (non-hydrogen) atoms. The topological polar surface area (TPSA) is 41.1 Å². The van der Waals surface area contributed by atoms with E-state index >= 15 is 0 Å². The van der Waals surface area contributed by atoms with Crippen molar-refractivity contribution in [1.29, 1.82) is 0 Å². The quantitative estimate of drug-likeness (QED) is 0.830. The van der Waals surface area contributed by atoms with E-state index in [4.69, 9.17) is 23.2 Å². The van der Waals surface area contributed by atoms with Crippen molar-refractivity contribution in [2.24, 2.45) is 0 Å². The third kappa shape index (κ3) is 5.29. The van der Waals surface area contributed by atoms with Gasteiger partial charge in [0.05, 0.1) is 0 Å². The van der Waals surface area contributed by atoms with Gasteiger partial charge >= 0.3 is 0 Å². The Hall–Kier alpha value is -0.930. The Bertz CT molecular complexity index is 413. The predicted octanol–water partition coefficient (Wildman–Crippen LogP) is 4.10. The van der Waals surface area contributed by atoms with Crippen LogP contribution in [0.3, 0.4) is 0 Å². The summed E-state index contributed by atoms with van der Waals surface area (Å²) in [5, 5.41) is 7.18. The molecule has 0 fully saturated rings. The molecule has 3 nitrogen and oxygen atoms in total. The second-order valence-electron chi connectivity index (χ2n) is 4.55. The maximum Gasteiger partial charge on any atom is 0.242 e. The summed E-state index contributed by atoms with van der Waals surface area (Å²) in [6.45, 7) is 5.93. The SMILES string of the molecule is CCC(CC)NC(=O)C(C)Nc1cc(Cl)cc(Cl)c1. The molecule has 0 heterocycles. The summed E-state index contributed by atoms with van der Waals surface area (Å²) in [6.07, 6.45) is 1.86. The van der Waals surface area contributed by atoms with Gasteiger partial charge in [-0.2, -0.15) is 0 Å². The van der Waals surface area contributed by atoms with E-state index in [9.17, 15) is 4.79 Å². The fourth-order valence-corrected chi connectivity index (χ4v) is 2.30. The molecule has 5 heteroatoms. The van der Waals surface area contributed by atoms with Gasteiger partial charge in [0.25, 0.3) is 0 Å². The number of carbonyl (C=O) groups is 1. The Morgan fingerprint density at radius 1 is 1.16 bits per heavy atom. The summed E-state index contributed by atoms with van der Waals surface area (Å²) in [7, 11) is 0. The lowest BCUT2D eigenvalue weighted by atomic mass is 10.1. The van der Waals surface area contributed by atoms with E-state index in [1.165, 1.54) is 0 Å². The Kier molecular flexibility index (Phi) is 6.46. The van der Waals surface area contributed by atoms with Crippen molar-refractivity contribution in [3.05, 3.63) is 28.2 Å². The van der Waals surface area contributed by atoms with Crippen LogP contribution in [0.4, 0.5) is 5.69 Å². The molecule has 0 radical (unpaired) electrons. The van der Waals surface area contributed by atoms with Crippen LogP contribution in [0.15, 0.2) is 18.2 Å². The number of amides is 1. The van der Waals surface area contributed by atoms with Crippen molar-refractivity contribution in [3.63, 3.8) is 0 Å². The van der Waals surface area contributed by atoms with Gasteiger partial charge in [-0.05, 0) is 38.0 Å². The van der Waals surface area contributed by atoms with Crippen LogP contribution in [0.1, 0.15) is 33.6 Å². The zero-order chi connectivity index (χ0) is 14.4. The van der Waals surface area contributed by atoms with Gasteiger partial charge < -0.3 is 10.6 Å². The number of nitrogens with one attached hydrogen (secondary N) is 2. The molecular formula is C14H20Cl2N2O. The fourth-order valence-electron chi connectivity index (χ4n) is 1.77. The van der Waals surface area contributed by atoms with Crippen LogP contribution in [-0.4, -0.2) is 18.0 Å². The highest BCUT2D eigenvalue weighted by molar-refractivity contribution is 6.35. The average Bonchev–Trinajstić information content (AvgIpc) is 2.34. The van der Waals surface area contributed by atoms with E-state index < -0.39 is 0 Å². The van der Waals surface area contributed by atoms with Gasteiger partial charge in [0.15, 0.2) is 0 Å². The second-order valence-corrected chi connectivity index (χ2v) is 5.42. The lowest BCUT2D eigenvalue weighted by molar-refractivity contribution is -0.122. The summed E-state index contributed by atoms with van der Waals surface area (Å²) in [5.74, 6) is -0.0233. The lowest BCUT2D eigenvalue weighted by Crippen LogP contribution is -2.42. The molecule has 0 saturated carbocycles. The van der Waals surface area contributed by atoms with E-state index in [0.29, 0.717) is 10.0 Å². The van der Waals surface area contributed by atoms with Crippen molar-refractivity contribution in [2.75, 3.05) is 5.32 Å². The van der Waals surface area contributed by atoms with Crippen LogP contribution in [0.5, 0.6) is 0 Å². The zero-order valence-corrected chi connectivity index (χ0v) is 13.0. The first-order valence-corrected chi connectivity index (χ1v) is 7.24. The van der Waals surface area contributed by atoms with Gasteiger partial charge in [0, 0.05) is 21.8 Å². The molecule has 0 aliphatic heterocycles. The van der Waals surface area contributed by atoms with E-state index in [1.54, 1.807) is 18.2 Å². The van der Waals surface area contributed by atoms with Crippen molar-refractivity contribution in [1.82, 2.24) is 5.32 Å². The summed E-state index contributed by atoms with van der Waals surface area (Å²) < 4.78 is 0. The summed E-state index contributed by atoms with van der Waals surface area (Å²) in [5.41, 5.74) is 0.740. The molecule has 0 spiro atoms. The van der Waals surface area contributed by atoms with E-state index in [0.717, 1.165) is 18.5 Å². The minimum Gasteiger partial charge on any atom is -0.374 e. The highest BCUT2D eigenvalue weighted by Crippen LogP contribution is 2.22. The molecule has 1 atom stereocenters. The van der Waals surface area contributed by atoms with Crippen molar-refractivity contribution < 1.29 is 4.79 Å². The molecule has 0 aliphatic carbocycles. The van der Waals surface area contributed by atoms with Gasteiger partial charge in [-0.3, -0.25) is 4.79 Å². The number of carbonyl (C=O) groups excluding carboxylic acids is 1. The maximum atomic E-state index is 12.0. The first-order valence-electron chi connectivity index (χ1n) is 6.49. The zero-order valence-electron chi connectivity index (χ0n) is 11.5. The third-order valence-electron chi connectivity index (χ3n) is 2.97. The van der Waals surface area contributed by atoms with Gasteiger partial charge in [-0.15, -0.1) is 0 Å². The number of hydrogen-bond donors (Lipinski definition) is 2. The first-order chi connectivity index (χ1) is 8.96. The predicted molar refractivity (Wildman–Crippen MR) is 82.1 cm³/mol. The van der Waals surface area contributed by atoms with Crippen LogP contribution >= 0.6 is 23.2 Å². The summed E-state index contributed by atoms with van der Waals surface area (Å²) >= 11 is 11.8. The number of anilines is 1. The summed E-state index contributed by atoms with van der Waals surface area (Å²) in [6, 6.07) is 5.03. The van der Waals surface area contributed by atoms with E-state index in [2.05, 4.69) is 24.5 Å². The molecule has 1 aromatic carbocycles.